The number of amides is 1. The van der Waals surface area contributed by atoms with Gasteiger partial charge in [-0.3, -0.25) is 14.6 Å². The molecule has 3 N–H and O–H groups in total. The molecule has 3 rings (SSSR count). The van der Waals surface area contributed by atoms with Crippen LogP contribution in [0.3, 0.4) is 0 Å². The van der Waals surface area contributed by atoms with E-state index in [-0.39, 0.29) is 17.4 Å². The molecule has 0 radical (unpaired) electrons. The lowest BCUT2D eigenvalue weighted by Gasteiger charge is -2.08. The summed E-state index contributed by atoms with van der Waals surface area (Å²) in [5.41, 5.74) is 2.37. The van der Waals surface area contributed by atoms with Crippen LogP contribution in [0.5, 0.6) is 0 Å². The molecule has 7 nitrogen and oxygen atoms in total. The minimum Gasteiger partial charge on any atom is -0.326 e. The Labute approximate surface area is 144 Å². The van der Waals surface area contributed by atoms with E-state index in [1.807, 2.05) is 30.3 Å². The predicted octanol–water partition coefficient (Wildman–Crippen LogP) is 2.46. The van der Waals surface area contributed by atoms with Crippen LogP contribution in [-0.4, -0.2) is 21.1 Å². The van der Waals surface area contributed by atoms with E-state index in [4.69, 9.17) is 0 Å². The number of nitrogens with zero attached hydrogens (tertiary/aromatic N) is 2. The topological polar surface area (TPSA) is 99.8 Å². The summed E-state index contributed by atoms with van der Waals surface area (Å²) in [6, 6.07) is 16.7. The van der Waals surface area contributed by atoms with Gasteiger partial charge in [0.2, 0.25) is 11.9 Å². The van der Waals surface area contributed by atoms with Crippen LogP contribution in [0.1, 0.15) is 18.2 Å². The standard InChI is InChI=1S/C18H17N5O2/c1-12(24)19-14-8-5-9-15(11-14)20-18-21-17(25)16(22-23-18)10-13-6-3-2-4-7-13/h2-9,11H,10H2,1H3,(H,19,24)(H2,20,21,23,25). The van der Waals surface area contributed by atoms with Gasteiger partial charge in [-0.25, -0.2) is 0 Å². The normalized spacial score (nSPS) is 10.3. The second-order valence-corrected chi connectivity index (χ2v) is 5.50. The molecule has 0 aliphatic rings. The quantitative estimate of drug-likeness (QED) is 0.665. The van der Waals surface area contributed by atoms with Crippen molar-refractivity contribution < 1.29 is 4.79 Å². The average Bonchev–Trinajstić information content (AvgIpc) is 2.58. The number of nitrogens with one attached hydrogen (secondary N) is 3. The Morgan fingerprint density at radius 1 is 1.04 bits per heavy atom. The summed E-state index contributed by atoms with van der Waals surface area (Å²) >= 11 is 0. The third-order valence-corrected chi connectivity index (χ3v) is 3.42. The zero-order chi connectivity index (χ0) is 17.6. The highest BCUT2D eigenvalue weighted by atomic mass is 16.1. The molecule has 0 unspecified atom stereocenters. The minimum absolute atomic E-state index is 0.157. The van der Waals surface area contributed by atoms with Gasteiger partial charge in [-0.2, -0.15) is 0 Å². The Bertz CT molecular complexity index is 937. The maximum atomic E-state index is 12.2. The van der Waals surface area contributed by atoms with E-state index in [9.17, 15) is 9.59 Å². The van der Waals surface area contributed by atoms with Crippen molar-refractivity contribution >= 4 is 23.2 Å². The Morgan fingerprint density at radius 2 is 1.80 bits per heavy atom. The van der Waals surface area contributed by atoms with Gasteiger partial charge in [0.15, 0.2) is 0 Å². The number of aromatic nitrogens is 3. The third kappa shape index (κ3) is 4.51. The first-order valence-electron chi connectivity index (χ1n) is 7.74. The van der Waals surface area contributed by atoms with Crippen LogP contribution in [0.25, 0.3) is 0 Å². The van der Waals surface area contributed by atoms with Crippen molar-refractivity contribution in [2.75, 3.05) is 10.6 Å². The molecule has 2 aromatic carbocycles. The lowest BCUT2D eigenvalue weighted by atomic mass is 10.1. The number of carbonyl (C=O) groups excluding carboxylic acids is 1. The summed E-state index contributed by atoms with van der Waals surface area (Å²) < 4.78 is 0. The average molecular weight is 335 g/mol. The molecule has 0 saturated heterocycles. The van der Waals surface area contributed by atoms with Crippen LogP contribution in [-0.2, 0) is 11.2 Å². The van der Waals surface area contributed by atoms with Crippen molar-refractivity contribution in [1.29, 1.82) is 0 Å². The van der Waals surface area contributed by atoms with Crippen LogP contribution < -0.4 is 16.2 Å². The minimum atomic E-state index is -0.292. The molecule has 0 saturated carbocycles. The first kappa shape index (κ1) is 16.4. The zero-order valence-corrected chi connectivity index (χ0v) is 13.6. The highest BCUT2D eigenvalue weighted by Gasteiger charge is 2.06. The summed E-state index contributed by atoms with van der Waals surface area (Å²) in [5, 5.41) is 13.7. The monoisotopic (exact) mass is 335 g/mol. The summed E-state index contributed by atoms with van der Waals surface area (Å²) in [5.74, 6) is 0.0809. The van der Waals surface area contributed by atoms with E-state index < -0.39 is 0 Å². The molecule has 0 aliphatic carbocycles. The number of aromatic amines is 1. The van der Waals surface area contributed by atoms with Crippen molar-refractivity contribution in [3.8, 4) is 0 Å². The highest BCUT2D eigenvalue weighted by Crippen LogP contribution is 2.17. The Morgan fingerprint density at radius 3 is 2.52 bits per heavy atom. The fourth-order valence-corrected chi connectivity index (χ4v) is 2.34. The molecule has 3 aromatic rings. The van der Waals surface area contributed by atoms with E-state index in [0.29, 0.717) is 23.5 Å². The molecule has 126 valence electrons. The highest BCUT2D eigenvalue weighted by molar-refractivity contribution is 5.89. The predicted molar refractivity (Wildman–Crippen MR) is 95.9 cm³/mol. The smallest absolute Gasteiger partial charge is 0.274 e. The molecule has 1 heterocycles. The largest absolute Gasteiger partial charge is 0.326 e. The number of H-pyrrole nitrogens is 1. The molecular formula is C18H17N5O2. The van der Waals surface area contributed by atoms with Crippen LogP contribution in [0, 0.1) is 0 Å². The molecule has 0 fully saturated rings. The van der Waals surface area contributed by atoms with Crippen molar-refractivity contribution in [3.05, 3.63) is 76.2 Å². The molecular weight excluding hydrogens is 318 g/mol. The van der Waals surface area contributed by atoms with Gasteiger partial charge in [0.1, 0.15) is 5.69 Å². The van der Waals surface area contributed by atoms with Gasteiger partial charge in [0.05, 0.1) is 0 Å². The number of anilines is 3. The first-order valence-corrected chi connectivity index (χ1v) is 7.74. The summed E-state index contributed by atoms with van der Waals surface area (Å²) in [6.45, 7) is 1.44. The summed E-state index contributed by atoms with van der Waals surface area (Å²) in [6.07, 6.45) is 0.418. The zero-order valence-electron chi connectivity index (χ0n) is 13.6. The fraction of sp³-hybridized carbons (Fsp3) is 0.111. The van der Waals surface area contributed by atoms with Crippen LogP contribution in [0.2, 0.25) is 0 Å². The van der Waals surface area contributed by atoms with Gasteiger partial charge in [-0.05, 0) is 23.8 Å². The van der Waals surface area contributed by atoms with E-state index >= 15 is 0 Å². The molecule has 0 spiro atoms. The van der Waals surface area contributed by atoms with Crippen molar-refractivity contribution in [2.24, 2.45) is 0 Å². The van der Waals surface area contributed by atoms with E-state index in [1.54, 1.807) is 24.3 Å². The summed E-state index contributed by atoms with van der Waals surface area (Å²) in [4.78, 5) is 26.0. The van der Waals surface area contributed by atoms with Crippen LogP contribution >= 0.6 is 0 Å². The molecule has 1 amide bonds. The van der Waals surface area contributed by atoms with Crippen molar-refractivity contribution in [2.45, 2.75) is 13.3 Å². The van der Waals surface area contributed by atoms with E-state index in [0.717, 1.165) is 5.56 Å². The van der Waals surface area contributed by atoms with Crippen molar-refractivity contribution in [1.82, 2.24) is 15.2 Å². The van der Waals surface area contributed by atoms with Gasteiger partial charge in [0, 0.05) is 24.7 Å². The third-order valence-electron chi connectivity index (χ3n) is 3.42. The SMILES string of the molecule is CC(=O)Nc1cccc(Nc2nnc(Cc3ccccc3)c(=O)[nH]2)c1. The van der Waals surface area contributed by atoms with Gasteiger partial charge in [-0.1, -0.05) is 36.4 Å². The van der Waals surface area contributed by atoms with Gasteiger partial charge in [0.25, 0.3) is 5.56 Å². The second-order valence-electron chi connectivity index (χ2n) is 5.50. The molecule has 0 aliphatic heterocycles. The van der Waals surface area contributed by atoms with E-state index in [1.165, 1.54) is 6.92 Å². The number of carbonyl (C=O) groups is 1. The second kappa shape index (κ2) is 7.39. The van der Waals surface area contributed by atoms with E-state index in [2.05, 4.69) is 25.8 Å². The molecule has 0 bridgehead atoms. The first-order chi connectivity index (χ1) is 12.1. The summed E-state index contributed by atoms with van der Waals surface area (Å²) in [7, 11) is 0. The number of benzene rings is 2. The Hall–Kier alpha value is -3.48. The maximum absolute atomic E-state index is 12.2. The molecule has 7 heteroatoms. The molecule has 25 heavy (non-hydrogen) atoms. The molecule has 0 atom stereocenters. The van der Waals surface area contributed by atoms with Crippen LogP contribution in [0.4, 0.5) is 17.3 Å². The number of hydrogen-bond acceptors (Lipinski definition) is 5. The van der Waals surface area contributed by atoms with Crippen LogP contribution in [0.15, 0.2) is 59.4 Å². The Kier molecular flexibility index (Phi) is 4.84. The fourth-order valence-electron chi connectivity index (χ4n) is 2.34. The van der Waals surface area contributed by atoms with Gasteiger partial charge < -0.3 is 10.6 Å². The number of hydrogen-bond donors (Lipinski definition) is 3. The Balaban J connectivity index is 1.75. The maximum Gasteiger partial charge on any atom is 0.274 e. The van der Waals surface area contributed by atoms with Crippen molar-refractivity contribution in [3.63, 3.8) is 0 Å². The van der Waals surface area contributed by atoms with Gasteiger partial charge in [-0.15, -0.1) is 10.2 Å². The molecule has 1 aromatic heterocycles. The number of rotatable bonds is 5. The lowest BCUT2D eigenvalue weighted by Crippen LogP contribution is -2.18. The van der Waals surface area contributed by atoms with Gasteiger partial charge >= 0.3 is 0 Å². The lowest BCUT2D eigenvalue weighted by molar-refractivity contribution is -0.114.